The molecule has 7 heteroatoms. The van der Waals surface area contributed by atoms with Gasteiger partial charge in [-0.05, 0) is 30.5 Å². The summed E-state index contributed by atoms with van der Waals surface area (Å²) < 4.78 is 11.7. The van der Waals surface area contributed by atoms with E-state index >= 15 is 0 Å². The number of hydrogen-bond acceptors (Lipinski definition) is 6. The van der Waals surface area contributed by atoms with Gasteiger partial charge in [0.25, 0.3) is 5.56 Å². The summed E-state index contributed by atoms with van der Waals surface area (Å²) in [5.41, 5.74) is 1.35. The average Bonchev–Trinajstić information content (AvgIpc) is 3.13. The maximum atomic E-state index is 13.0. The summed E-state index contributed by atoms with van der Waals surface area (Å²) in [5.74, 6) is 0.593. The highest BCUT2D eigenvalue weighted by Crippen LogP contribution is 2.25. The van der Waals surface area contributed by atoms with Crippen molar-refractivity contribution in [3.8, 4) is 0 Å². The molecule has 0 bridgehead atoms. The van der Waals surface area contributed by atoms with Crippen molar-refractivity contribution in [1.82, 2.24) is 9.55 Å². The minimum absolute atomic E-state index is 0.0378. The predicted octanol–water partition coefficient (Wildman–Crippen LogP) is 4.11. The lowest BCUT2D eigenvalue weighted by Gasteiger charge is -2.14. The van der Waals surface area contributed by atoms with E-state index in [9.17, 15) is 9.59 Å². The van der Waals surface area contributed by atoms with Crippen molar-refractivity contribution in [2.45, 2.75) is 37.7 Å². The second kappa shape index (κ2) is 8.43. The molecule has 0 radical (unpaired) electrons. The third-order valence-electron chi connectivity index (χ3n) is 4.23. The molecule has 0 saturated heterocycles. The van der Waals surface area contributed by atoms with Gasteiger partial charge in [0.15, 0.2) is 5.16 Å². The van der Waals surface area contributed by atoms with Gasteiger partial charge in [-0.15, -0.1) is 0 Å². The normalized spacial score (nSPS) is 11.3. The number of furan rings is 1. The van der Waals surface area contributed by atoms with Gasteiger partial charge in [-0.1, -0.05) is 37.7 Å². The fourth-order valence-corrected chi connectivity index (χ4v) is 3.71. The van der Waals surface area contributed by atoms with Crippen LogP contribution in [0.15, 0.2) is 51.0 Å². The minimum Gasteiger partial charge on any atom is -0.463 e. The molecule has 0 amide bonds. The van der Waals surface area contributed by atoms with Crippen molar-refractivity contribution >= 4 is 28.6 Å². The van der Waals surface area contributed by atoms with Crippen LogP contribution in [0, 0.1) is 5.92 Å². The summed E-state index contributed by atoms with van der Waals surface area (Å²) >= 11 is 1.41. The first kappa shape index (κ1) is 19.2. The number of carbonyl (C=O) groups excluding carboxylic acids is 1. The fourth-order valence-electron chi connectivity index (χ4n) is 2.71. The van der Waals surface area contributed by atoms with Crippen molar-refractivity contribution in [1.29, 1.82) is 0 Å². The van der Waals surface area contributed by atoms with E-state index in [-0.39, 0.29) is 11.3 Å². The maximum Gasteiger partial charge on any atom is 0.374 e. The Bertz CT molecular complexity index is 1010. The third kappa shape index (κ3) is 4.24. The van der Waals surface area contributed by atoms with Crippen molar-refractivity contribution in [3.63, 3.8) is 0 Å². The molecule has 0 fully saturated rings. The second-order valence-corrected chi connectivity index (χ2v) is 7.55. The van der Waals surface area contributed by atoms with Gasteiger partial charge in [0.1, 0.15) is 0 Å². The lowest BCUT2D eigenvalue weighted by Crippen LogP contribution is -2.24. The van der Waals surface area contributed by atoms with Gasteiger partial charge in [0.2, 0.25) is 5.76 Å². The number of para-hydroxylation sites is 1. The Morgan fingerprint density at radius 3 is 2.81 bits per heavy atom. The average molecular weight is 386 g/mol. The molecule has 0 aliphatic carbocycles. The highest BCUT2D eigenvalue weighted by atomic mass is 32.2. The molecule has 2 heterocycles. The van der Waals surface area contributed by atoms with Gasteiger partial charge in [-0.25, -0.2) is 9.78 Å². The van der Waals surface area contributed by atoms with Crippen LogP contribution >= 0.6 is 11.8 Å². The summed E-state index contributed by atoms with van der Waals surface area (Å²) in [6.07, 6.45) is 2.34. The summed E-state index contributed by atoms with van der Waals surface area (Å²) in [5, 5.41) is 1.25. The zero-order valence-corrected chi connectivity index (χ0v) is 16.4. The molecule has 3 aromatic rings. The monoisotopic (exact) mass is 386 g/mol. The molecule has 2 aromatic heterocycles. The number of benzene rings is 1. The van der Waals surface area contributed by atoms with Gasteiger partial charge in [0, 0.05) is 17.9 Å². The van der Waals surface area contributed by atoms with Gasteiger partial charge in [-0.2, -0.15) is 0 Å². The molecular weight excluding hydrogens is 364 g/mol. The number of thioether (sulfide) groups is 1. The summed E-state index contributed by atoms with van der Waals surface area (Å²) in [6.45, 7) is 4.85. The maximum absolute atomic E-state index is 13.0. The number of ether oxygens (including phenoxy) is 1. The quantitative estimate of drug-likeness (QED) is 0.345. The van der Waals surface area contributed by atoms with Crippen LogP contribution in [0.2, 0.25) is 0 Å². The first-order valence-electron chi connectivity index (χ1n) is 8.78. The number of nitrogens with zero attached hydrogens (tertiary/aromatic N) is 2. The van der Waals surface area contributed by atoms with Crippen molar-refractivity contribution in [2.24, 2.45) is 5.92 Å². The molecule has 142 valence electrons. The smallest absolute Gasteiger partial charge is 0.374 e. The largest absolute Gasteiger partial charge is 0.463 e. The highest BCUT2D eigenvalue weighted by Gasteiger charge is 2.18. The van der Waals surface area contributed by atoms with Crippen LogP contribution in [-0.2, 0) is 17.0 Å². The van der Waals surface area contributed by atoms with Gasteiger partial charge < -0.3 is 9.15 Å². The van der Waals surface area contributed by atoms with E-state index in [1.807, 2.05) is 18.2 Å². The number of aromatic nitrogens is 2. The highest BCUT2D eigenvalue weighted by molar-refractivity contribution is 7.98. The van der Waals surface area contributed by atoms with Gasteiger partial charge >= 0.3 is 5.97 Å². The number of rotatable bonds is 7. The van der Waals surface area contributed by atoms with E-state index < -0.39 is 5.97 Å². The van der Waals surface area contributed by atoms with Crippen LogP contribution in [0.5, 0.6) is 0 Å². The van der Waals surface area contributed by atoms with Crippen LogP contribution < -0.4 is 5.56 Å². The molecule has 0 atom stereocenters. The van der Waals surface area contributed by atoms with E-state index in [2.05, 4.69) is 18.8 Å². The lowest BCUT2D eigenvalue weighted by atomic mass is 10.1. The van der Waals surface area contributed by atoms with Gasteiger partial charge in [0.05, 0.1) is 24.3 Å². The Balaban J connectivity index is 1.95. The first-order valence-corrected chi connectivity index (χ1v) is 9.77. The van der Waals surface area contributed by atoms with Crippen LogP contribution in [0.25, 0.3) is 10.9 Å². The number of hydrogen-bond donors (Lipinski definition) is 0. The van der Waals surface area contributed by atoms with Gasteiger partial charge in [-0.3, -0.25) is 9.36 Å². The van der Waals surface area contributed by atoms with Crippen LogP contribution in [0.4, 0.5) is 0 Å². The Kier molecular flexibility index (Phi) is 6.01. The summed E-state index contributed by atoms with van der Waals surface area (Å²) in [7, 11) is 1.32. The predicted molar refractivity (Wildman–Crippen MR) is 105 cm³/mol. The molecule has 0 N–H and O–H groups in total. The standard InChI is InChI=1S/C20H22N2O4S/c1-13(2)8-10-22-18(23)15-6-4-5-7-16(15)21-20(22)27-12-14-9-11-26-17(14)19(24)25-3/h4-7,9,11,13H,8,10,12H2,1-3H3. The minimum atomic E-state index is -0.515. The van der Waals surface area contributed by atoms with Crippen molar-refractivity contribution < 1.29 is 13.9 Å². The van der Waals surface area contributed by atoms with E-state index in [4.69, 9.17) is 9.15 Å². The topological polar surface area (TPSA) is 74.3 Å². The Morgan fingerprint density at radius 2 is 2.07 bits per heavy atom. The van der Waals surface area contributed by atoms with Crippen molar-refractivity contribution in [2.75, 3.05) is 7.11 Å². The molecule has 0 aliphatic rings. The number of methoxy groups -OCH3 is 1. The molecule has 0 aliphatic heterocycles. The summed E-state index contributed by atoms with van der Waals surface area (Å²) in [6, 6.07) is 9.09. The number of esters is 1. The molecule has 0 spiro atoms. The molecule has 1 aromatic carbocycles. The van der Waals surface area contributed by atoms with E-state index in [0.717, 1.165) is 6.42 Å². The molecule has 6 nitrogen and oxygen atoms in total. The van der Waals surface area contributed by atoms with Crippen LogP contribution in [0.3, 0.4) is 0 Å². The van der Waals surface area contributed by atoms with Crippen LogP contribution in [0.1, 0.15) is 36.4 Å². The zero-order chi connectivity index (χ0) is 19.4. The summed E-state index contributed by atoms with van der Waals surface area (Å²) in [4.78, 5) is 29.4. The SMILES string of the molecule is COC(=O)c1occc1CSc1nc2ccccc2c(=O)n1CCC(C)C. The molecule has 3 rings (SSSR count). The lowest BCUT2D eigenvalue weighted by molar-refractivity contribution is 0.0564. The third-order valence-corrected chi connectivity index (χ3v) is 5.26. The molecule has 0 unspecified atom stereocenters. The van der Waals surface area contributed by atoms with Crippen LogP contribution in [-0.4, -0.2) is 22.6 Å². The Morgan fingerprint density at radius 1 is 1.30 bits per heavy atom. The van der Waals surface area contributed by atoms with Crippen molar-refractivity contribution in [3.05, 3.63) is 58.3 Å². The number of fused-ring (bicyclic) bond motifs is 1. The number of carbonyl (C=O) groups is 1. The van der Waals surface area contributed by atoms with E-state index in [1.165, 1.54) is 25.1 Å². The van der Waals surface area contributed by atoms with E-state index in [1.54, 1.807) is 16.7 Å². The molecule has 0 saturated carbocycles. The Labute approximate surface area is 161 Å². The zero-order valence-electron chi connectivity index (χ0n) is 15.6. The second-order valence-electron chi connectivity index (χ2n) is 6.61. The molecule has 27 heavy (non-hydrogen) atoms. The Hall–Kier alpha value is -2.54. The molecular formula is C20H22N2O4S. The fraction of sp³-hybridized carbons (Fsp3) is 0.350. The van der Waals surface area contributed by atoms with E-state index in [0.29, 0.717) is 39.8 Å². The first-order chi connectivity index (χ1) is 13.0.